The van der Waals surface area contributed by atoms with E-state index in [4.69, 9.17) is 11.6 Å². The minimum Gasteiger partial charge on any atom is -0.336 e. The normalized spacial score (nSPS) is 18.4. The van der Waals surface area contributed by atoms with E-state index in [2.05, 4.69) is 25.7 Å². The Bertz CT molecular complexity index is 791. The summed E-state index contributed by atoms with van der Waals surface area (Å²) in [5.41, 5.74) is 1.77. The molecule has 3 nitrogen and oxygen atoms in total. The number of hydrogen-bond donors (Lipinski definition) is 0. The lowest BCUT2D eigenvalue weighted by Crippen LogP contribution is -2.55. The SMILES string of the molecule is CC(C)N1CCN(C(=O)c2ccc(-c3cc(Cl)ccc3F)cc2)C[C@@H]1C. The highest BCUT2D eigenvalue weighted by Crippen LogP contribution is 2.26. The van der Waals surface area contributed by atoms with Gasteiger partial charge in [0.25, 0.3) is 5.91 Å². The monoisotopic (exact) mass is 374 g/mol. The van der Waals surface area contributed by atoms with E-state index in [1.807, 2.05) is 4.90 Å². The van der Waals surface area contributed by atoms with Gasteiger partial charge >= 0.3 is 0 Å². The van der Waals surface area contributed by atoms with Crippen LogP contribution in [-0.4, -0.2) is 47.4 Å². The summed E-state index contributed by atoms with van der Waals surface area (Å²) in [5, 5.41) is 0.485. The van der Waals surface area contributed by atoms with Crippen molar-refractivity contribution in [3.8, 4) is 11.1 Å². The standard InChI is InChI=1S/C21H24ClFN2O/c1-14(2)25-11-10-24(13-15(25)3)21(26)17-6-4-16(5-7-17)19-12-18(22)8-9-20(19)23/h4-9,12,14-15H,10-11,13H2,1-3H3/t15-/m0/s1. The number of piperazine rings is 1. The maximum Gasteiger partial charge on any atom is 0.253 e. The van der Waals surface area contributed by atoms with E-state index in [-0.39, 0.29) is 11.7 Å². The second-order valence-electron chi connectivity index (χ2n) is 7.13. The predicted octanol–water partition coefficient (Wildman–Crippen LogP) is 4.70. The van der Waals surface area contributed by atoms with Gasteiger partial charge in [0.1, 0.15) is 5.82 Å². The van der Waals surface area contributed by atoms with E-state index in [0.29, 0.717) is 33.8 Å². The van der Waals surface area contributed by atoms with E-state index < -0.39 is 0 Å². The quantitative estimate of drug-likeness (QED) is 0.777. The highest BCUT2D eigenvalue weighted by atomic mass is 35.5. The molecule has 3 rings (SSSR count). The fourth-order valence-electron chi connectivity index (χ4n) is 3.62. The van der Waals surface area contributed by atoms with E-state index >= 15 is 0 Å². The molecule has 26 heavy (non-hydrogen) atoms. The van der Waals surface area contributed by atoms with Crippen molar-refractivity contribution >= 4 is 17.5 Å². The van der Waals surface area contributed by atoms with Crippen molar-refractivity contribution in [1.82, 2.24) is 9.80 Å². The number of benzene rings is 2. The van der Waals surface area contributed by atoms with Gasteiger partial charge in [-0.25, -0.2) is 4.39 Å². The van der Waals surface area contributed by atoms with Gasteiger partial charge in [0.05, 0.1) is 0 Å². The molecule has 1 atom stereocenters. The molecule has 2 aromatic carbocycles. The molecule has 0 saturated carbocycles. The van der Waals surface area contributed by atoms with Crippen LogP contribution in [0.2, 0.25) is 5.02 Å². The maximum atomic E-state index is 14.0. The number of carbonyl (C=O) groups excluding carboxylic acids is 1. The van der Waals surface area contributed by atoms with Crippen molar-refractivity contribution in [3.63, 3.8) is 0 Å². The molecule has 0 N–H and O–H groups in total. The van der Waals surface area contributed by atoms with Gasteiger partial charge in [-0.3, -0.25) is 9.69 Å². The summed E-state index contributed by atoms with van der Waals surface area (Å²) in [7, 11) is 0. The summed E-state index contributed by atoms with van der Waals surface area (Å²) in [5.74, 6) is -0.300. The molecule has 1 heterocycles. The van der Waals surface area contributed by atoms with Gasteiger partial charge in [-0.2, -0.15) is 0 Å². The Morgan fingerprint density at radius 3 is 2.46 bits per heavy atom. The molecule has 0 bridgehead atoms. The lowest BCUT2D eigenvalue weighted by molar-refractivity contribution is 0.0426. The Labute approximate surface area is 159 Å². The maximum absolute atomic E-state index is 14.0. The number of nitrogens with zero attached hydrogens (tertiary/aromatic N) is 2. The van der Waals surface area contributed by atoms with Crippen molar-refractivity contribution in [1.29, 1.82) is 0 Å². The van der Waals surface area contributed by atoms with Crippen LogP contribution in [0.3, 0.4) is 0 Å². The second kappa shape index (κ2) is 7.77. The van der Waals surface area contributed by atoms with Crippen LogP contribution in [0, 0.1) is 5.82 Å². The first kappa shape index (κ1) is 18.9. The average molecular weight is 375 g/mol. The zero-order valence-electron chi connectivity index (χ0n) is 15.4. The smallest absolute Gasteiger partial charge is 0.253 e. The highest BCUT2D eigenvalue weighted by Gasteiger charge is 2.28. The van der Waals surface area contributed by atoms with E-state index in [9.17, 15) is 9.18 Å². The Morgan fingerprint density at radius 1 is 1.15 bits per heavy atom. The number of carbonyl (C=O) groups is 1. The minimum absolute atomic E-state index is 0.0263. The van der Waals surface area contributed by atoms with Crippen LogP contribution in [0.4, 0.5) is 4.39 Å². The molecule has 0 spiro atoms. The molecule has 1 fully saturated rings. The molecule has 1 amide bonds. The van der Waals surface area contributed by atoms with Crippen LogP contribution in [0.25, 0.3) is 11.1 Å². The number of hydrogen-bond acceptors (Lipinski definition) is 2. The van der Waals surface area contributed by atoms with Crippen LogP contribution in [0.1, 0.15) is 31.1 Å². The molecule has 1 aliphatic heterocycles. The van der Waals surface area contributed by atoms with Gasteiger partial charge in [0.2, 0.25) is 0 Å². The summed E-state index contributed by atoms with van der Waals surface area (Å²) in [4.78, 5) is 17.1. The first-order valence-electron chi connectivity index (χ1n) is 8.97. The molecule has 0 aromatic heterocycles. The van der Waals surface area contributed by atoms with Crippen molar-refractivity contribution in [2.45, 2.75) is 32.9 Å². The number of halogens is 2. The first-order chi connectivity index (χ1) is 12.4. The van der Waals surface area contributed by atoms with Gasteiger partial charge < -0.3 is 4.90 Å². The van der Waals surface area contributed by atoms with E-state index in [1.54, 1.807) is 30.3 Å². The molecular formula is C21H24ClFN2O. The van der Waals surface area contributed by atoms with Crippen LogP contribution in [-0.2, 0) is 0 Å². The molecule has 0 aliphatic carbocycles. The number of rotatable bonds is 3. The Morgan fingerprint density at radius 2 is 1.85 bits per heavy atom. The zero-order valence-corrected chi connectivity index (χ0v) is 16.1. The topological polar surface area (TPSA) is 23.6 Å². The second-order valence-corrected chi connectivity index (χ2v) is 7.57. The Hall–Kier alpha value is -1.91. The van der Waals surface area contributed by atoms with E-state index in [1.165, 1.54) is 12.1 Å². The molecular weight excluding hydrogens is 351 g/mol. The van der Waals surface area contributed by atoms with Crippen LogP contribution < -0.4 is 0 Å². The van der Waals surface area contributed by atoms with Crippen LogP contribution in [0.5, 0.6) is 0 Å². The molecule has 138 valence electrons. The summed E-state index contributed by atoms with van der Waals surface area (Å²) in [6, 6.07) is 12.4. The van der Waals surface area contributed by atoms with Crippen molar-refractivity contribution in [2.75, 3.05) is 19.6 Å². The summed E-state index contributed by atoms with van der Waals surface area (Å²) >= 11 is 5.97. The van der Waals surface area contributed by atoms with Crippen molar-refractivity contribution in [3.05, 3.63) is 58.9 Å². The third-order valence-corrected chi connectivity index (χ3v) is 5.24. The lowest BCUT2D eigenvalue weighted by atomic mass is 10.0. The molecule has 5 heteroatoms. The fourth-order valence-corrected chi connectivity index (χ4v) is 3.79. The van der Waals surface area contributed by atoms with Crippen LogP contribution >= 0.6 is 11.6 Å². The third-order valence-electron chi connectivity index (χ3n) is 5.00. The molecule has 1 saturated heterocycles. The fraction of sp³-hybridized carbons (Fsp3) is 0.381. The third kappa shape index (κ3) is 3.92. The van der Waals surface area contributed by atoms with Crippen molar-refractivity contribution in [2.24, 2.45) is 0 Å². The van der Waals surface area contributed by atoms with Gasteiger partial charge in [0, 0.05) is 47.9 Å². The Balaban J connectivity index is 1.75. The first-order valence-corrected chi connectivity index (χ1v) is 9.35. The molecule has 0 radical (unpaired) electrons. The predicted molar refractivity (Wildman–Crippen MR) is 104 cm³/mol. The van der Waals surface area contributed by atoms with Gasteiger partial charge in [-0.05, 0) is 56.7 Å². The summed E-state index contributed by atoms with van der Waals surface area (Å²) in [6.07, 6.45) is 0. The molecule has 0 unspecified atom stereocenters. The number of amides is 1. The average Bonchev–Trinajstić information content (AvgIpc) is 2.63. The van der Waals surface area contributed by atoms with Gasteiger partial charge in [-0.15, -0.1) is 0 Å². The van der Waals surface area contributed by atoms with Gasteiger partial charge in [-0.1, -0.05) is 23.7 Å². The van der Waals surface area contributed by atoms with Gasteiger partial charge in [0.15, 0.2) is 0 Å². The molecule has 1 aliphatic rings. The van der Waals surface area contributed by atoms with Crippen molar-refractivity contribution < 1.29 is 9.18 Å². The van der Waals surface area contributed by atoms with Crippen LogP contribution in [0.15, 0.2) is 42.5 Å². The largest absolute Gasteiger partial charge is 0.336 e. The highest BCUT2D eigenvalue weighted by molar-refractivity contribution is 6.30. The Kier molecular flexibility index (Phi) is 5.64. The van der Waals surface area contributed by atoms with E-state index in [0.717, 1.165) is 19.6 Å². The zero-order chi connectivity index (χ0) is 18.8. The minimum atomic E-state index is -0.327. The summed E-state index contributed by atoms with van der Waals surface area (Å²) in [6.45, 7) is 8.86. The lowest BCUT2D eigenvalue weighted by Gasteiger charge is -2.42. The summed E-state index contributed by atoms with van der Waals surface area (Å²) < 4.78 is 14.0. The molecule has 2 aromatic rings.